The SMILES string of the molecule is COc1cc2c(cc1Nc1ncc(C(N)=O)c(Nc3ccc(C)cc3C(C)(C)C)n1)CN(C)CC2. The van der Waals surface area contributed by atoms with Crippen molar-refractivity contribution in [2.75, 3.05) is 31.3 Å². The first kappa shape index (κ1) is 24.5. The molecule has 2 heterocycles. The number of ether oxygens (including phenoxy) is 1. The first-order valence-corrected chi connectivity index (χ1v) is 11.8. The number of nitrogens with zero attached hydrogens (tertiary/aromatic N) is 3. The third kappa shape index (κ3) is 5.38. The fraction of sp³-hybridized carbons (Fsp3) is 0.370. The van der Waals surface area contributed by atoms with Crippen LogP contribution in [-0.2, 0) is 18.4 Å². The summed E-state index contributed by atoms with van der Waals surface area (Å²) in [4.78, 5) is 23.4. The molecule has 1 aliphatic heterocycles. The molecule has 2 aromatic carbocycles. The smallest absolute Gasteiger partial charge is 0.254 e. The Kier molecular flexibility index (Phi) is 6.67. The predicted octanol–water partition coefficient (Wildman–Crippen LogP) is 4.67. The number of anilines is 4. The number of hydrogen-bond donors (Lipinski definition) is 3. The van der Waals surface area contributed by atoms with Crippen LogP contribution >= 0.6 is 0 Å². The predicted molar refractivity (Wildman–Crippen MR) is 140 cm³/mol. The zero-order chi connectivity index (χ0) is 25.3. The number of methoxy groups -OCH3 is 1. The van der Waals surface area contributed by atoms with Gasteiger partial charge in [0.05, 0.1) is 12.8 Å². The number of carbonyl (C=O) groups is 1. The molecule has 0 saturated carbocycles. The summed E-state index contributed by atoms with van der Waals surface area (Å²) in [5.74, 6) is 0.808. The first-order chi connectivity index (χ1) is 16.5. The minimum absolute atomic E-state index is 0.112. The molecule has 0 aliphatic carbocycles. The van der Waals surface area contributed by atoms with Crippen molar-refractivity contribution in [3.8, 4) is 5.75 Å². The van der Waals surface area contributed by atoms with Gasteiger partial charge in [0.25, 0.3) is 5.91 Å². The van der Waals surface area contributed by atoms with E-state index in [-0.39, 0.29) is 11.0 Å². The van der Waals surface area contributed by atoms with Crippen molar-refractivity contribution < 1.29 is 9.53 Å². The number of amides is 1. The van der Waals surface area contributed by atoms with Crippen molar-refractivity contribution in [3.05, 3.63) is 64.3 Å². The molecule has 184 valence electrons. The van der Waals surface area contributed by atoms with Crippen LogP contribution in [-0.4, -0.2) is 41.5 Å². The van der Waals surface area contributed by atoms with Crippen LogP contribution in [0.5, 0.6) is 5.75 Å². The first-order valence-electron chi connectivity index (χ1n) is 11.8. The average molecular weight is 475 g/mol. The van der Waals surface area contributed by atoms with Crippen molar-refractivity contribution in [2.45, 2.75) is 46.1 Å². The molecule has 35 heavy (non-hydrogen) atoms. The summed E-state index contributed by atoms with van der Waals surface area (Å²) < 4.78 is 5.64. The van der Waals surface area contributed by atoms with Crippen LogP contribution in [0.15, 0.2) is 36.5 Å². The van der Waals surface area contributed by atoms with Crippen LogP contribution < -0.4 is 21.1 Å². The van der Waals surface area contributed by atoms with E-state index in [1.165, 1.54) is 17.3 Å². The molecule has 0 atom stereocenters. The van der Waals surface area contributed by atoms with Gasteiger partial charge in [0.15, 0.2) is 0 Å². The second kappa shape index (κ2) is 9.54. The lowest BCUT2D eigenvalue weighted by Gasteiger charge is -2.26. The van der Waals surface area contributed by atoms with Crippen LogP contribution in [0.2, 0.25) is 0 Å². The molecule has 0 spiro atoms. The number of nitrogens with two attached hydrogens (primary N) is 1. The molecule has 4 rings (SSSR count). The van der Waals surface area contributed by atoms with E-state index in [9.17, 15) is 4.79 Å². The number of nitrogens with one attached hydrogen (secondary N) is 2. The molecule has 0 radical (unpaired) electrons. The second-order valence-electron chi connectivity index (χ2n) is 10.2. The van der Waals surface area contributed by atoms with E-state index in [1.807, 2.05) is 12.1 Å². The van der Waals surface area contributed by atoms with Crippen LogP contribution in [0.4, 0.5) is 23.1 Å². The van der Waals surface area contributed by atoms with Gasteiger partial charge in [-0.3, -0.25) is 4.79 Å². The maximum Gasteiger partial charge on any atom is 0.254 e. The van der Waals surface area contributed by atoms with Gasteiger partial charge in [-0.15, -0.1) is 0 Å². The zero-order valence-corrected chi connectivity index (χ0v) is 21.3. The molecular formula is C27H34N6O2. The van der Waals surface area contributed by atoms with Crippen molar-refractivity contribution in [1.29, 1.82) is 0 Å². The highest BCUT2D eigenvalue weighted by atomic mass is 16.5. The van der Waals surface area contributed by atoms with Gasteiger partial charge in [0.2, 0.25) is 5.95 Å². The van der Waals surface area contributed by atoms with Crippen molar-refractivity contribution in [2.24, 2.45) is 5.73 Å². The summed E-state index contributed by atoms with van der Waals surface area (Å²) in [5.41, 5.74) is 12.2. The number of primary amides is 1. The Hall–Kier alpha value is -3.65. The summed E-state index contributed by atoms with van der Waals surface area (Å²) in [6.07, 6.45) is 2.43. The molecule has 0 bridgehead atoms. The third-order valence-electron chi connectivity index (χ3n) is 6.26. The Bertz CT molecular complexity index is 1270. The zero-order valence-electron chi connectivity index (χ0n) is 21.3. The van der Waals surface area contributed by atoms with Gasteiger partial charge in [-0.05, 0) is 60.7 Å². The topological polar surface area (TPSA) is 105 Å². The number of likely N-dealkylation sites (N-methyl/N-ethyl adjacent to an activating group) is 1. The van der Waals surface area contributed by atoms with Gasteiger partial charge < -0.3 is 26.0 Å². The maximum atomic E-state index is 12.2. The van der Waals surface area contributed by atoms with Crippen LogP contribution in [0, 0.1) is 6.92 Å². The Morgan fingerprint density at radius 2 is 1.89 bits per heavy atom. The fourth-order valence-electron chi connectivity index (χ4n) is 4.35. The van der Waals surface area contributed by atoms with E-state index in [0.29, 0.717) is 11.8 Å². The Morgan fingerprint density at radius 3 is 2.57 bits per heavy atom. The number of fused-ring (bicyclic) bond motifs is 1. The molecule has 0 fully saturated rings. The van der Waals surface area contributed by atoms with E-state index >= 15 is 0 Å². The van der Waals surface area contributed by atoms with E-state index in [1.54, 1.807) is 7.11 Å². The standard InChI is InChI=1S/C27H34N6O2/c1-16-7-8-21(20(11-16)27(2,3)4)30-25-19(24(28)34)14-29-26(32-25)31-22-12-18-15-33(5)10-9-17(18)13-23(22)35-6/h7-8,11-14H,9-10,15H2,1-6H3,(H2,28,34)(H2,29,30,31,32). The number of carbonyl (C=O) groups excluding carboxylic acids is 1. The highest BCUT2D eigenvalue weighted by Gasteiger charge is 2.21. The molecule has 0 saturated heterocycles. The molecule has 0 unspecified atom stereocenters. The summed E-state index contributed by atoms with van der Waals surface area (Å²) in [6, 6.07) is 10.3. The number of aryl methyl sites for hydroxylation is 1. The summed E-state index contributed by atoms with van der Waals surface area (Å²) in [7, 11) is 3.76. The highest BCUT2D eigenvalue weighted by molar-refractivity contribution is 5.98. The molecule has 8 nitrogen and oxygen atoms in total. The van der Waals surface area contributed by atoms with E-state index in [4.69, 9.17) is 10.5 Å². The maximum absolute atomic E-state index is 12.2. The van der Waals surface area contributed by atoms with Crippen LogP contribution in [0.3, 0.4) is 0 Å². The number of aromatic nitrogens is 2. The van der Waals surface area contributed by atoms with Crippen LogP contribution in [0.25, 0.3) is 0 Å². The summed E-state index contributed by atoms with van der Waals surface area (Å²) in [6.45, 7) is 10.4. The lowest BCUT2D eigenvalue weighted by Crippen LogP contribution is -2.26. The van der Waals surface area contributed by atoms with Gasteiger partial charge in [0.1, 0.15) is 17.1 Å². The van der Waals surface area contributed by atoms with Crippen LogP contribution in [0.1, 0.15) is 53.4 Å². The Morgan fingerprint density at radius 1 is 1.11 bits per heavy atom. The molecule has 4 N–H and O–H groups in total. The van der Waals surface area contributed by atoms with Gasteiger partial charge >= 0.3 is 0 Å². The van der Waals surface area contributed by atoms with Crippen molar-refractivity contribution >= 4 is 29.0 Å². The lowest BCUT2D eigenvalue weighted by molar-refractivity contribution is 0.100. The summed E-state index contributed by atoms with van der Waals surface area (Å²) >= 11 is 0. The van der Waals surface area contributed by atoms with E-state index in [2.05, 4.69) is 78.4 Å². The summed E-state index contributed by atoms with van der Waals surface area (Å²) in [5, 5.41) is 6.61. The monoisotopic (exact) mass is 474 g/mol. The molecule has 8 heteroatoms. The molecule has 1 amide bonds. The molecule has 3 aromatic rings. The lowest BCUT2D eigenvalue weighted by atomic mass is 9.85. The van der Waals surface area contributed by atoms with Crippen molar-refractivity contribution in [3.63, 3.8) is 0 Å². The van der Waals surface area contributed by atoms with Crippen molar-refractivity contribution in [1.82, 2.24) is 14.9 Å². The largest absolute Gasteiger partial charge is 0.495 e. The Balaban J connectivity index is 1.72. The Labute approximate surface area is 206 Å². The number of hydrogen-bond acceptors (Lipinski definition) is 7. The number of rotatable bonds is 6. The highest BCUT2D eigenvalue weighted by Crippen LogP contribution is 2.35. The van der Waals surface area contributed by atoms with E-state index < -0.39 is 5.91 Å². The van der Waals surface area contributed by atoms with Gasteiger partial charge in [-0.1, -0.05) is 38.5 Å². The minimum atomic E-state index is -0.599. The minimum Gasteiger partial charge on any atom is -0.495 e. The normalized spacial score (nSPS) is 13.8. The second-order valence-corrected chi connectivity index (χ2v) is 10.2. The molecule has 1 aliphatic rings. The van der Waals surface area contributed by atoms with E-state index in [0.717, 1.165) is 47.8 Å². The van der Waals surface area contributed by atoms with Gasteiger partial charge in [0, 0.05) is 25.0 Å². The average Bonchev–Trinajstić information content (AvgIpc) is 2.79. The number of benzene rings is 2. The quantitative estimate of drug-likeness (QED) is 0.477. The van der Waals surface area contributed by atoms with Gasteiger partial charge in [-0.2, -0.15) is 4.98 Å². The fourth-order valence-corrected chi connectivity index (χ4v) is 4.35. The van der Waals surface area contributed by atoms with Gasteiger partial charge in [-0.25, -0.2) is 4.98 Å². The molecule has 1 aromatic heterocycles. The molecular weight excluding hydrogens is 440 g/mol. The third-order valence-corrected chi connectivity index (χ3v) is 6.26.